The van der Waals surface area contributed by atoms with E-state index >= 15 is 0 Å². The van der Waals surface area contributed by atoms with Gasteiger partial charge in [0.1, 0.15) is 16.6 Å². The molecule has 10 heteroatoms. The average molecular weight is 425 g/mol. The maximum absolute atomic E-state index is 12.0. The summed E-state index contributed by atoms with van der Waals surface area (Å²) in [5, 5.41) is 4.16. The number of thiophene rings is 1. The highest BCUT2D eigenvalue weighted by Gasteiger charge is 2.31. The predicted molar refractivity (Wildman–Crippen MR) is 104 cm³/mol. The van der Waals surface area contributed by atoms with Crippen LogP contribution in [0.4, 0.5) is 5.00 Å². The Kier molecular flexibility index (Phi) is 6.40. The molecule has 136 valence electrons. The van der Waals surface area contributed by atoms with Crippen molar-refractivity contribution in [2.75, 3.05) is 18.5 Å². The average Bonchev–Trinajstić information content (AvgIpc) is 3.30. The van der Waals surface area contributed by atoms with Crippen LogP contribution in [-0.2, 0) is 4.79 Å². The highest BCUT2D eigenvalue weighted by atomic mass is 35.5. The van der Waals surface area contributed by atoms with Gasteiger partial charge in [0.25, 0.3) is 5.91 Å². The van der Waals surface area contributed by atoms with Crippen molar-refractivity contribution in [1.29, 1.82) is 0 Å². The van der Waals surface area contributed by atoms with Crippen molar-refractivity contribution in [2.24, 2.45) is 17.4 Å². The second kappa shape index (κ2) is 7.97. The number of rotatable bonds is 6. The summed E-state index contributed by atoms with van der Waals surface area (Å²) in [4.78, 5) is 23.9. The normalized spacial score (nSPS) is 13.4. The fraction of sp³-hybridized carbons (Fsp3) is 0.333. The van der Waals surface area contributed by atoms with Gasteiger partial charge in [-0.25, -0.2) is 0 Å². The van der Waals surface area contributed by atoms with Crippen molar-refractivity contribution in [3.05, 3.63) is 21.7 Å². The Morgan fingerprint density at radius 1 is 1.36 bits per heavy atom. The van der Waals surface area contributed by atoms with E-state index in [0.717, 1.165) is 12.8 Å². The van der Waals surface area contributed by atoms with E-state index in [9.17, 15) is 9.59 Å². The second-order valence-electron chi connectivity index (χ2n) is 5.45. The van der Waals surface area contributed by atoms with E-state index < -0.39 is 5.91 Å². The standard InChI is InChI=1S/C15H15Cl2N3O3S.ClH/c16-8-5-7-9(13(19)21)15(20-14(22)6-1-2-6)24-12(7)10(17)11(8)23-4-3-18;/h5-6H,1-4,18H2,(H2,19,21)(H,20,22);1H. The third-order valence-corrected chi connectivity index (χ3v) is 5.52. The predicted octanol–water partition coefficient (Wildman–Crippen LogP) is 3.41. The highest BCUT2D eigenvalue weighted by molar-refractivity contribution is 7.24. The van der Waals surface area contributed by atoms with E-state index in [1.165, 1.54) is 11.3 Å². The Bertz CT molecular complexity index is 837. The molecular formula is C15H16Cl3N3O3S. The van der Waals surface area contributed by atoms with Crippen LogP contribution in [0.2, 0.25) is 10.0 Å². The lowest BCUT2D eigenvalue weighted by molar-refractivity contribution is -0.117. The van der Waals surface area contributed by atoms with Crippen molar-refractivity contribution in [1.82, 2.24) is 0 Å². The summed E-state index contributed by atoms with van der Waals surface area (Å²) in [6, 6.07) is 1.57. The summed E-state index contributed by atoms with van der Waals surface area (Å²) in [7, 11) is 0. The Balaban J connectivity index is 0.00000225. The Labute approximate surface area is 164 Å². The first-order valence-electron chi connectivity index (χ1n) is 7.32. The number of anilines is 1. The van der Waals surface area contributed by atoms with Gasteiger partial charge in [0.15, 0.2) is 5.75 Å². The lowest BCUT2D eigenvalue weighted by Gasteiger charge is -2.09. The van der Waals surface area contributed by atoms with Gasteiger partial charge < -0.3 is 21.5 Å². The van der Waals surface area contributed by atoms with Crippen LogP contribution in [0.15, 0.2) is 6.07 Å². The molecule has 0 radical (unpaired) electrons. The van der Waals surface area contributed by atoms with Gasteiger partial charge in [-0.2, -0.15) is 0 Å². The summed E-state index contributed by atoms with van der Waals surface area (Å²) < 4.78 is 6.05. The summed E-state index contributed by atoms with van der Waals surface area (Å²) >= 11 is 13.8. The third-order valence-electron chi connectivity index (χ3n) is 3.63. The molecule has 2 aromatic rings. The number of hydrogen-bond acceptors (Lipinski definition) is 5. The van der Waals surface area contributed by atoms with Crippen molar-refractivity contribution in [3.63, 3.8) is 0 Å². The molecule has 5 N–H and O–H groups in total. The highest BCUT2D eigenvalue weighted by Crippen LogP contribution is 2.47. The van der Waals surface area contributed by atoms with Crippen LogP contribution >= 0.6 is 46.9 Å². The number of halogens is 3. The SMILES string of the molecule is Cl.NCCOc1c(Cl)cc2c(C(N)=O)c(NC(=O)C3CC3)sc2c1Cl. The molecule has 3 rings (SSSR count). The van der Waals surface area contributed by atoms with Crippen LogP contribution in [-0.4, -0.2) is 25.0 Å². The molecule has 0 spiro atoms. The number of nitrogens with two attached hydrogens (primary N) is 2. The number of fused-ring (bicyclic) bond motifs is 1. The molecular weight excluding hydrogens is 409 g/mol. The molecule has 1 fully saturated rings. The number of ether oxygens (including phenoxy) is 1. The van der Waals surface area contributed by atoms with Crippen molar-refractivity contribution >= 4 is 73.8 Å². The van der Waals surface area contributed by atoms with Crippen molar-refractivity contribution < 1.29 is 14.3 Å². The fourth-order valence-electron chi connectivity index (χ4n) is 2.33. The zero-order chi connectivity index (χ0) is 17.4. The number of nitrogens with one attached hydrogen (secondary N) is 1. The van der Waals surface area contributed by atoms with E-state index in [-0.39, 0.29) is 46.4 Å². The number of benzene rings is 1. The molecule has 0 atom stereocenters. The zero-order valence-corrected chi connectivity index (χ0v) is 16.1. The molecule has 0 saturated heterocycles. The van der Waals surface area contributed by atoms with E-state index in [1.807, 2.05) is 0 Å². The van der Waals surface area contributed by atoms with Gasteiger partial charge in [-0.15, -0.1) is 23.7 Å². The topological polar surface area (TPSA) is 107 Å². The van der Waals surface area contributed by atoms with Crippen LogP contribution < -0.4 is 21.5 Å². The van der Waals surface area contributed by atoms with Crippen molar-refractivity contribution in [2.45, 2.75) is 12.8 Å². The monoisotopic (exact) mass is 423 g/mol. The van der Waals surface area contributed by atoms with Gasteiger partial charge in [-0.3, -0.25) is 9.59 Å². The minimum atomic E-state index is -0.657. The molecule has 1 aromatic heterocycles. The van der Waals surface area contributed by atoms with Crippen LogP contribution in [0.3, 0.4) is 0 Å². The Hall–Kier alpha value is -1.25. The molecule has 1 saturated carbocycles. The van der Waals surface area contributed by atoms with E-state index in [1.54, 1.807) is 6.07 Å². The van der Waals surface area contributed by atoms with E-state index in [4.69, 9.17) is 39.4 Å². The largest absolute Gasteiger partial charge is 0.489 e. The first-order valence-corrected chi connectivity index (χ1v) is 8.89. The fourth-order valence-corrected chi connectivity index (χ4v) is 4.13. The summed E-state index contributed by atoms with van der Waals surface area (Å²) in [5.41, 5.74) is 11.1. The molecule has 25 heavy (non-hydrogen) atoms. The number of primary amides is 1. The molecule has 0 unspecified atom stereocenters. The quantitative estimate of drug-likeness (QED) is 0.660. The van der Waals surface area contributed by atoms with Gasteiger partial charge in [-0.05, 0) is 18.9 Å². The molecule has 6 nitrogen and oxygen atoms in total. The van der Waals surface area contributed by atoms with Crippen molar-refractivity contribution in [3.8, 4) is 5.75 Å². The number of carbonyl (C=O) groups is 2. The first-order chi connectivity index (χ1) is 11.4. The molecule has 0 bridgehead atoms. The number of amides is 2. The van der Waals surface area contributed by atoms with Gasteiger partial charge in [-0.1, -0.05) is 23.2 Å². The maximum atomic E-state index is 12.0. The van der Waals surface area contributed by atoms with Gasteiger partial charge in [0.2, 0.25) is 5.91 Å². The maximum Gasteiger partial charge on any atom is 0.252 e. The lowest BCUT2D eigenvalue weighted by Crippen LogP contribution is -2.17. The molecule has 1 aliphatic carbocycles. The molecule has 0 aliphatic heterocycles. The summed E-state index contributed by atoms with van der Waals surface area (Å²) in [6.07, 6.45) is 1.71. The second-order valence-corrected chi connectivity index (χ2v) is 7.26. The third kappa shape index (κ3) is 3.96. The van der Waals surface area contributed by atoms with Crippen LogP contribution in [0.1, 0.15) is 23.2 Å². The zero-order valence-electron chi connectivity index (χ0n) is 12.9. The minimum Gasteiger partial charge on any atom is -0.489 e. The molecule has 2 amide bonds. The Morgan fingerprint density at radius 2 is 2.04 bits per heavy atom. The molecule has 1 aromatic carbocycles. The minimum absolute atomic E-state index is 0. The summed E-state index contributed by atoms with van der Waals surface area (Å²) in [5.74, 6) is -0.479. The number of carbonyl (C=O) groups excluding carboxylic acids is 2. The van der Waals surface area contributed by atoms with E-state index in [0.29, 0.717) is 27.4 Å². The van der Waals surface area contributed by atoms with Gasteiger partial charge in [0.05, 0.1) is 15.3 Å². The summed E-state index contributed by atoms with van der Waals surface area (Å²) in [6.45, 7) is 0.564. The van der Waals surface area contributed by atoms with Crippen LogP contribution in [0.25, 0.3) is 10.1 Å². The van der Waals surface area contributed by atoms with Crippen LogP contribution in [0, 0.1) is 5.92 Å². The Morgan fingerprint density at radius 3 is 2.60 bits per heavy atom. The lowest BCUT2D eigenvalue weighted by atomic mass is 10.1. The van der Waals surface area contributed by atoms with Gasteiger partial charge in [0, 0.05) is 17.8 Å². The van der Waals surface area contributed by atoms with Gasteiger partial charge >= 0.3 is 0 Å². The molecule has 1 heterocycles. The van der Waals surface area contributed by atoms with E-state index in [2.05, 4.69) is 5.32 Å². The first kappa shape index (κ1) is 20.1. The molecule has 1 aliphatic rings. The van der Waals surface area contributed by atoms with Crippen LogP contribution in [0.5, 0.6) is 5.75 Å². The number of hydrogen-bond donors (Lipinski definition) is 3. The smallest absolute Gasteiger partial charge is 0.252 e.